The Kier molecular flexibility index (Phi) is 13.4. The summed E-state index contributed by atoms with van der Waals surface area (Å²) in [5.74, 6) is 0. The SMILES string of the molecule is C=C(C)COCC(O)CF.CNC. The van der Waals surface area contributed by atoms with Gasteiger partial charge in [-0.25, -0.2) is 4.39 Å². The van der Waals surface area contributed by atoms with E-state index in [0.29, 0.717) is 6.61 Å². The van der Waals surface area contributed by atoms with Gasteiger partial charge in [-0.2, -0.15) is 0 Å². The van der Waals surface area contributed by atoms with Crippen LogP contribution < -0.4 is 5.32 Å². The minimum atomic E-state index is -0.987. The molecule has 1 unspecified atom stereocenters. The van der Waals surface area contributed by atoms with Crippen LogP contribution >= 0.6 is 0 Å². The lowest BCUT2D eigenvalue weighted by Gasteiger charge is -2.06. The number of aliphatic hydroxyl groups is 1. The van der Waals surface area contributed by atoms with Crippen LogP contribution in [0.1, 0.15) is 6.92 Å². The van der Waals surface area contributed by atoms with Gasteiger partial charge in [-0.05, 0) is 21.0 Å². The van der Waals surface area contributed by atoms with Gasteiger partial charge in [-0.15, -0.1) is 0 Å². The highest BCUT2D eigenvalue weighted by atomic mass is 19.1. The molecule has 0 amide bonds. The van der Waals surface area contributed by atoms with Gasteiger partial charge in [0.05, 0.1) is 13.2 Å². The maximum Gasteiger partial charge on any atom is 0.118 e. The van der Waals surface area contributed by atoms with Crippen molar-refractivity contribution in [1.82, 2.24) is 5.32 Å². The topological polar surface area (TPSA) is 41.5 Å². The number of halogens is 1. The van der Waals surface area contributed by atoms with Crippen molar-refractivity contribution in [2.45, 2.75) is 13.0 Å². The molecule has 1 atom stereocenters. The fourth-order valence-corrected chi connectivity index (χ4v) is 0.414. The fourth-order valence-electron chi connectivity index (χ4n) is 0.414. The second-order valence-corrected chi connectivity index (χ2v) is 2.78. The predicted molar refractivity (Wildman–Crippen MR) is 52.6 cm³/mol. The summed E-state index contributed by atoms with van der Waals surface area (Å²) in [4.78, 5) is 0. The standard InChI is InChI=1S/C7H13FO2.C2H7N/c1-6(2)4-10-5-7(9)3-8;1-3-2/h7,9H,1,3-5H2,2H3;3H,1-2H3. The normalized spacial score (nSPS) is 11.5. The first-order valence-electron chi connectivity index (χ1n) is 4.13. The molecule has 0 aromatic rings. The van der Waals surface area contributed by atoms with Gasteiger partial charge >= 0.3 is 0 Å². The molecule has 4 heteroatoms. The Labute approximate surface area is 79.6 Å². The van der Waals surface area contributed by atoms with Gasteiger partial charge in [0.25, 0.3) is 0 Å². The van der Waals surface area contributed by atoms with E-state index in [-0.39, 0.29) is 6.61 Å². The van der Waals surface area contributed by atoms with Crippen LogP contribution in [0.15, 0.2) is 12.2 Å². The number of nitrogens with one attached hydrogen (secondary N) is 1. The van der Waals surface area contributed by atoms with Crippen LogP contribution in [0.5, 0.6) is 0 Å². The average molecular weight is 193 g/mol. The van der Waals surface area contributed by atoms with E-state index in [0.717, 1.165) is 5.57 Å². The van der Waals surface area contributed by atoms with Gasteiger partial charge < -0.3 is 15.2 Å². The third-order valence-electron chi connectivity index (χ3n) is 0.837. The van der Waals surface area contributed by atoms with Crippen molar-refractivity contribution < 1.29 is 14.2 Å². The average Bonchev–Trinajstić information content (AvgIpc) is 2.05. The van der Waals surface area contributed by atoms with Crippen LogP contribution in [-0.2, 0) is 4.74 Å². The number of hydrogen-bond acceptors (Lipinski definition) is 3. The molecule has 0 heterocycles. The monoisotopic (exact) mass is 193 g/mol. The molecule has 0 saturated carbocycles. The van der Waals surface area contributed by atoms with Gasteiger partial charge in [0.15, 0.2) is 0 Å². The highest BCUT2D eigenvalue weighted by molar-refractivity contribution is 4.87. The fraction of sp³-hybridized carbons (Fsp3) is 0.778. The summed E-state index contributed by atoms with van der Waals surface area (Å²) in [6.45, 7) is 5.06. The summed E-state index contributed by atoms with van der Waals surface area (Å²) in [5.41, 5.74) is 0.867. The van der Waals surface area contributed by atoms with Gasteiger partial charge in [-0.3, -0.25) is 0 Å². The molecule has 3 nitrogen and oxygen atoms in total. The van der Waals surface area contributed by atoms with Crippen LogP contribution in [-0.4, -0.2) is 45.2 Å². The van der Waals surface area contributed by atoms with Crippen LogP contribution in [0, 0.1) is 0 Å². The Morgan fingerprint density at radius 1 is 1.62 bits per heavy atom. The largest absolute Gasteiger partial charge is 0.388 e. The molecule has 0 aromatic carbocycles. The van der Waals surface area contributed by atoms with Crippen molar-refractivity contribution in [1.29, 1.82) is 0 Å². The Morgan fingerprint density at radius 3 is 2.38 bits per heavy atom. The number of alkyl halides is 1. The summed E-state index contributed by atoms with van der Waals surface area (Å²) in [6, 6.07) is 0. The molecule has 13 heavy (non-hydrogen) atoms. The first-order valence-corrected chi connectivity index (χ1v) is 4.13. The number of rotatable bonds is 5. The smallest absolute Gasteiger partial charge is 0.118 e. The minimum absolute atomic E-state index is 0.0450. The van der Waals surface area contributed by atoms with Gasteiger partial charge in [-0.1, -0.05) is 12.2 Å². The van der Waals surface area contributed by atoms with E-state index in [1.54, 1.807) is 0 Å². The lowest BCUT2D eigenvalue weighted by Crippen LogP contribution is -2.17. The summed E-state index contributed by atoms with van der Waals surface area (Å²) < 4.78 is 16.4. The summed E-state index contributed by atoms with van der Waals surface area (Å²) in [5, 5.41) is 11.4. The third-order valence-corrected chi connectivity index (χ3v) is 0.837. The summed E-state index contributed by atoms with van der Waals surface area (Å²) >= 11 is 0. The lowest BCUT2D eigenvalue weighted by atomic mass is 10.4. The van der Waals surface area contributed by atoms with Crippen molar-refractivity contribution in [3.63, 3.8) is 0 Å². The van der Waals surface area contributed by atoms with E-state index >= 15 is 0 Å². The van der Waals surface area contributed by atoms with E-state index < -0.39 is 12.8 Å². The third kappa shape index (κ3) is 18.5. The highest BCUT2D eigenvalue weighted by Crippen LogP contribution is 1.91. The molecule has 0 spiro atoms. The Hall–Kier alpha value is -0.450. The van der Waals surface area contributed by atoms with Crippen molar-refractivity contribution in [2.75, 3.05) is 34.0 Å². The second kappa shape index (κ2) is 11.6. The van der Waals surface area contributed by atoms with Crippen LogP contribution in [0.2, 0.25) is 0 Å². The predicted octanol–water partition coefficient (Wildman–Crippen LogP) is 0.745. The van der Waals surface area contributed by atoms with Crippen molar-refractivity contribution in [2.24, 2.45) is 0 Å². The molecule has 0 aliphatic rings. The Morgan fingerprint density at radius 2 is 2.08 bits per heavy atom. The van der Waals surface area contributed by atoms with Gasteiger partial charge in [0.1, 0.15) is 12.8 Å². The van der Waals surface area contributed by atoms with E-state index in [1.165, 1.54) is 0 Å². The maximum absolute atomic E-state index is 11.6. The van der Waals surface area contributed by atoms with Crippen LogP contribution in [0.4, 0.5) is 4.39 Å². The molecule has 0 aromatic heterocycles. The lowest BCUT2D eigenvalue weighted by molar-refractivity contribution is 0.0329. The zero-order chi connectivity index (χ0) is 10.7. The number of ether oxygens (including phenoxy) is 1. The quantitative estimate of drug-likeness (QED) is 0.633. The minimum Gasteiger partial charge on any atom is -0.388 e. The van der Waals surface area contributed by atoms with Crippen LogP contribution in [0.3, 0.4) is 0 Å². The molecule has 0 bridgehead atoms. The van der Waals surface area contributed by atoms with E-state index in [2.05, 4.69) is 11.9 Å². The molecule has 80 valence electrons. The second-order valence-electron chi connectivity index (χ2n) is 2.78. The molecule has 2 N–H and O–H groups in total. The van der Waals surface area contributed by atoms with Crippen molar-refractivity contribution >= 4 is 0 Å². The molecule has 0 fully saturated rings. The first-order chi connectivity index (χ1) is 6.08. The van der Waals surface area contributed by atoms with Gasteiger partial charge in [0, 0.05) is 0 Å². The number of aliphatic hydroxyl groups excluding tert-OH is 1. The van der Waals surface area contributed by atoms with Crippen LogP contribution in [0.25, 0.3) is 0 Å². The summed E-state index contributed by atoms with van der Waals surface area (Å²) in [7, 11) is 3.75. The molecule has 0 saturated heterocycles. The Balaban J connectivity index is 0. The zero-order valence-corrected chi connectivity index (χ0v) is 8.64. The maximum atomic E-state index is 11.6. The molecular weight excluding hydrogens is 173 g/mol. The van der Waals surface area contributed by atoms with E-state index in [4.69, 9.17) is 9.84 Å². The molecule has 0 aliphatic carbocycles. The molecular formula is C9H20FNO2. The van der Waals surface area contributed by atoms with Crippen molar-refractivity contribution in [3.05, 3.63) is 12.2 Å². The Bertz CT molecular complexity index is 120. The zero-order valence-electron chi connectivity index (χ0n) is 8.64. The highest BCUT2D eigenvalue weighted by Gasteiger charge is 2.01. The van der Waals surface area contributed by atoms with E-state index in [1.807, 2.05) is 21.0 Å². The van der Waals surface area contributed by atoms with Gasteiger partial charge in [0.2, 0.25) is 0 Å². The molecule has 0 aliphatic heterocycles. The molecule has 0 rings (SSSR count). The van der Waals surface area contributed by atoms with E-state index in [9.17, 15) is 4.39 Å². The molecule has 0 radical (unpaired) electrons. The van der Waals surface area contributed by atoms with Crippen molar-refractivity contribution in [3.8, 4) is 0 Å². The number of hydrogen-bond donors (Lipinski definition) is 2. The first kappa shape index (κ1) is 15.0. The summed E-state index contributed by atoms with van der Waals surface area (Å²) in [6.07, 6.45) is -0.987.